The van der Waals surface area contributed by atoms with E-state index in [-0.39, 0.29) is 11.8 Å². The van der Waals surface area contributed by atoms with Crippen LogP contribution in [0.25, 0.3) is 0 Å². The van der Waals surface area contributed by atoms with Gasteiger partial charge in [0.1, 0.15) is 5.75 Å². The number of nitrogens with one attached hydrogen (secondary N) is 1. The highest BCUT2D eigenvalue weighted by Crippen LogP contribution is 2.24. The second kappa shape index (κ2) is 6.20. The van der Waals surface area contributed by atoms with Gasteiger partial charge in [-0.25, -0.2) is 8.42 Å². The zero-order chi connectivity index (χ0) is 13.8. The topological polar surface area (TPSA) is 55.4 Å². The highest BCUT2D eigenvalue weighted by molar-refractivity contribution is 7.92. The number of hydrogen-bond donors (Lipinski definition) is 1. The van der Waals surface area contributed by atoms with Gasteiger partial charge in [0.2, 0.25) is 0 Å². The minimum absolute atomic E-state index is 0.155. The van der Waals surface area contributed by atoms with E-state index in [1.54, 1.807) is 28.0 Å². The summed E-state index contributed by atoms with van der Waals surface area (Å²) in [5.41, 5.74) is 0.947. The molecule has 2 atom stereocenters. The fraction of sp³-hybridized carbons (Fsp3) is 0.538. The molecular formula is C13H21NO3S. The van der Waals surface area contributed by atoms with Gasteiger partial charge in [-0.2, -0.15) is 0 Å². The SMILES string of the molecule is CCS(=O)(=O)C(C)C(NC)c1ccc(OC)cc1. The van der Waals surface area contributed by atoms with E-state index >= 15 is 0 Å². The number of benzene rings is 1. The second-order valence-corrected chi connectivity index (χ2v) is 6.84. The first-order valence-electron chi connectivity index (χ1n) is 5.99. The number of sulfone groups is 1. The molecule has 0 aliphatic rings. The third kappa shape index (κ3) is 3.23. The molecule has 0 heterocycles. The molecule has 1 N–H and O–H groups in total. The van der Waals surface area contributed by atoms with E-state index in [2.05, 4.69) is 5.32 Å². The van der Waals surface area contributed by atoms with Crippen LogP contribution in [0.3, 0.4) is 0 Å². The third-order valence-electron chi connectivity index (χ3n) is 3.22. The molecule has 0 aliphatic carbocycles. The van der Waals surface area contributed by atoms with E-state index in [1.807, 2.05) is 24.3 Å². The van der Waals surface area contributed by atoms with Crippen LogP contribution in [0.15, 0.2) is 24.3 Å². The Labute approximate surface area is 109 Å². The predicted molar refractivity (Wildman–Crippen MR) is 73.7 cm³/mol. The van der Waals surface area contributed by atoms with Crippen LogP contribution >= 0.6 is 0 Å². The Morgan fingerprint density at radius 3 is 2.22 bits per heavy atom. The first-order valence-corrected chi connectivity index (χ1v) is 7.70. The lowest BCUT2D eigenvalue weighted by atomic mass is 10.0. The van der Waals surface area contributed by atoms with Gasteiger partial charge in [-0.15, -0.1) is 0 Å². The molecule has 0 spiro atoms. The van der Waals surface area contributed by atoms with Gasteiger partial charge in [0.25, 0.3) is 0 Å². The number of rotatable bonds is 6. The molecule has 0 fully saturated rings. The average molecular weight is 271 g/mol. The third-order valence-corrected chi connectivity index (χ3v) is 5.43. The molecule has 18 heavy (non-hydrogen) atoms. The molecule has 102 valence electrons. The molecule has 1 rings (SSSR count). The summed E-state index contributed by atoms with van der Waals surface area (Å²) in [6.07, 6.45) is 0. The lowest BCUT2D eigenvalue weighted by molar-refractivity contribution is 0.414. The van der Waals surface area contributed by atoms with Gasteiger partial charge in [0.05, 0.1) is 12.4 Å². The van der Waals surface area contributed by atoms with Gasteiger partial charge < -0.3 is 10.1 Å². The van der Waals surface area contributed by atoms with Crippen molar-refractivity contribution in [3.8, 4) is 5.75 Å². The largest absolute Gasteiger partial charge is 0.497 e. The van der Waals surface area contributed by atoms with Gasteiger partial charge in [-0.1, -0.05) is 19.1 Å². The summed E-state index contributed by atoms with van der Waals surface area (Å²) >= 11 is 0. The monoisotopic (exact) mass is 271 g/mol. The molecular weight excluding hydrogens is 250 g/mol. The van der Waals surface area contributed by atoms with E-state index < -0.39 is 15.1 Å². The Kier molecular flexibility index (Phi) is 5.16. The van der Waals surface area contributed by atoms with Gasteiger partial charge in [-0.05, 0) is 31.7 Å². The molecule has 0 bridgehead atoms. The van der Waals surface area contributed by atoms with Crippen molar-refractivity contribution < 1.29 is 13.2 Å². The van der Waals surface area contributed by atoms with Gasteiger partial charge in [-0.3, -0.25) is 0 Å². The van der Waals surface area contributed by atoms with Crippen molar-refractivity contribution >= 4 is 9.84 Å². The molecule has 0 aromatic heterocycles. The second-order valence-electron chi connectivity index (χ2n) is 4.20. The van der Waals surface area contributed by atoms with Crippen LogP contribution in [0.2, 0.25) is 0 Å². The molecule has 5 heteroatoms. The lowest BCUT2D eigenvalue weighted by Crippen LogP contribution is -2.34. The normalized spacial score (nSPS) is 15.1. The summed E-state index contributed by atoms with van der Waals surface area (Å²) in [4.78, 5) is 0. The fourth-order valence-corrected chi connectivity index (χ4v) is 3.19. The van der Waals surface area contributed by atoms with Crippen LogP contribution in [0.5, 0.6) is 5.75 Å². The predicted octanol–water partition coefficient (Wildman–Crippen LogP) is 1.78. The molecule has 1 aromatic carbocycles. The number of hydrogen-bond acceptors (Lipinski definition) is 4. The summed E-state index contributed by atoms with van der Waals surface area (Å²) in [5, 5.41) is 2.62. The van der Waals surface area contributed by atoms with Crippen molar-refractivity contribution in [3.63, 3.8) is 0 Å². The maximum absolute atomic E-state index is 11.9. The zero-order valence-electron chi connectivity index (χ0n) is 11.3. The van der Waals surface area contributed by atoms with Crippen molar-refractivity contribution in [2.24, 2.45) is 0 Å². The maximum atomic E-state index is 11.9. The summed E-state index contributed by atoms with van der Waals surface area (Å²) in [7, 11) is 0.313. The van der Waals surface area contributed by atoms with E-state index in [4.69, 9.17) is 4.74 Å². The Morgan fingerprint density at radius 1 is 1.28 bits per heavy atom. The number of methoxy groups -OCH3 is 1. The summed E-state index contributed by atoms with van der Waals surface area (Å²) < 4.78 is 29.0. The molecule has 0 amide bonds. The maximum Gasteiger partial charge on any atom is 0.154 e. The molecule has 1 aromatic rings. The van der Waals surface area contributed by atoms with Crippen molar-refractivity contribution in [3.05, 3.63) is 29.8 Å². The van der Waals surface area contributed by atoms with Crippen LogP contribution < -0.4 is 10.1 Å². The average Bonchev–Trinajstić information content (AvgIpc) is 2.40. The van der Waals surface area contributed by atoms with Crippen molar-refractivity contribution in [2.75, 3.05) is 19.9 Å². The Bertz CT molecular complexity index is 468. The summed E-state index contributed by atoms with van der Waals surface area (Å²) in [5.74, 6) is 0.919. The summed E-state index contributed by atoms with van der Waals surface area (Å²) in [6.45, 7) is 3.41. The Balaban J connectivity index is 3.02. The lowest BCUT2D eigenvalue weighted by Gasteiger charge is -2.23. The minimum atomic E-state index is -3.07. The summed E-state index contributed by atoms with van der Waals surface area (Å²) in [6, 6.07) is 7.25. The van der Waals surface area contributed by atoms with Gasteiger partial charge >= 0.3 is 0 Å². The first kappa shape index (κ1) is 15.0. The molecule has 0 saturated carbocycles. The Morgan fingerprint density at radius 2 is 1.83 bits per heavy atom. The molecule has 2 unspecified atom stereocenters. The highest BCUT2D eigenvalue weighted by atomic mass is 32.2. The zero-order valence-corrected chi connectivity index (χ0v) is 12.1. The molecule has 0 aliphatic heterocycles. The van der Waals surface area contributed by atoms with E-state index in [1.165, 1.54) is 0 Å². The van der Waals surface area contributed by atoms with Crippen LogP contribution in [-0.2, 0) is 9.84 Å². The van der Waals surface area contributed by atoms with E-state index in [0.717, 1.165) is 11.3 Å². The van der Waals surface area contributed by atoms with Crippen LogP contribution in [0, 0.1) is 0 Å². The minimum Gasteiger partial charge on any atom is -0.497 e. The van der Waals surface area contributed by atoms with E-state index in [9.17, 15) is 8.42 Å². The fourth-order valence-electron chi connectivity index (χ4n) is 1.95. The smallest absolute Gasteiger partial charge is 0.154 e. The van der Waals surface area contributed by atoms with Crippen LogP contribution in [0.1, 0.15) is 25.5 Å². The number of ether oxygens (including phenoxy) is 1. The Hall–Kier alpha value is -1.07. The van der Waals surface area contributed by atoms with Crippen molar-refractivity contribution in [2.45, 2.75) is 25.1 Å². The van der Waals surface area contributed by atoms with E-state index in [0.29, 0.717) is 0 Å². The standard InChI is InChI=1S/C13H21NO3S/c1-5-18(15,16)10(2)13(14-3)11-6-8-12(17-4)9-7-11/h6-10,13-14H,5H2,1-4H3. The molecule has 0 radical (unpaired) electrons. The quantitative estimate of drug-likeness (QED) is 0.857. The van der Waals surface area contributed by atoms with Crippen molar-refractivity contribution in [1.29, 1.82) is 0 Å². The van der Waals surface area contributed by atoms with Crippen LogP contribution in [-0.4, -0.2) is 33.6 Å². The van der Waals surface area contributed by atoms with Crippen LogP contribution in [0.4, 0.5) is 0 Å². The van der Waals surface area contributed by atoms with Gasteiger partial charge in [0, 0.05) is 11.8 Å². The molecule has 0 saturated heterocycles. The first-order chi connectivity index (χ1) is 8.46. The van der Waals surface area contributed by atoms with Gasteiger partial charge in [0.15, 0.2) is 9.84 Å². The molecule has 4 nitrogen and oxygen atoms in total. The van der Waals surface area contributed by atoms with Crippen molar-refractivity contribution in [1.82, 2.24) is 5.32 Å². The highest BCUT2D eigenvalue weighted by Gasteiger charge is 2.28.